The third kappa shape index (κ3) is 3.09. The maximum atomic E-state index is 5.70. The van der Waals surface area contributed by atoms with Crippen LogP contribution in [0.4, 0.5) is 5.95 Å². The standard InChI is InChI=1S/C13H16N4O2/c1-4-9-7-5-6-8-10(9)19-13-16-11(14-2)15-12(17-13)18-3/h5-8H,4H2,1-3H3,(H,14,15,16,17). The first-order valence-corrected chi connectivity index (χ1v) is 6.00. The molecule has 0 amide bonds. The minimum atomic E-state index is 0.206. The molecule has 0 bridgehead atoms. The SMILES string of the molecule is CCc1ccccc1Oc1nc(NC)nc(OC)n1. The van der Waals surface area contributed by atoms with Crippen LogP contribution >= 0.6 is 0 Å². The van der Waals surface area contributed by atoms with Crippen molar-refractivity contribution in [3.05, 3.63) is 29.8 Å². The van der Waals surface area contributed by atoms with Gasteiger partial charge in [-0.3, -0.25) is 0 Å². The molecule has 0 atom stereocenters. The van der Waals surface area contributed by atoms with Gasteiger partial charge in [-0.1, -0.05) is 25.1 Å². The van der Waals surface area contributed by atoms with Crippen LogP contribution in [0.25, 0.3) is 0 Å². The predicted molar refractivity (Wildman–Crippen MR) is 71.8 cm³/mol. The lowest BCUT2D eigenvalue weighted by atomic mass is 10.1. The normalized spacial score (nSPS) is 10.1. The summed E-state index contributed by atoms with van der Waals surface area (Å²) in [7, 11) is 3.22. The van der Waals surface area contributed by atoms with Crippen LogP contribution in [-0.2, 0) is 6.42 Å². The fourth-order valence-electron chi connectivity index (χ4n) is 1.58. The molecule has 1 heterocycles. The second-order valence-electron chi connectivity index (χ2n) is 3.74. The van der Waals surface area contributed by atoms with Crippen molar-refractivity contribution in [2.24, 2.45) is 0 Å². The minimum Gasteiger partial charge on any atom is -0.467 e. The number of aryl methyl sites for hydroxylation is 1. The first-order chi connectivity index (χ1) is 9.26. The molecular weight excluding hydrogens is 244 g/mol. The zero-order valence-corrected chi connectivity index (χ0v) is 11.2. The molecule has 0 radical (unpaired) electrons. The molecule has 0 fully saturated rings. The molecular formula is C13H16N4O2. The molecule has 6 nitrogen and oxygen atoms in total. The van der Waals surface area contributed by atoms with Crippen LogP contribution in [0.15, 0.2) is 24.3 Å². The summed E-state index contributed by atoms with van der Waals surface area (Å²) in [6.45, 7) is 2.06. The quantitative estimate of drug-likeness (QED) is 0.889. The number of nitrogens with one attached hydrogen (secondary N) is 1. The third-order valence-corrected chi connectivity index (χ3v) is 2.56. The van der Waals surface area contributed by atoms with Crippen molar-refractivity contribution in [3.63, 3.8) is 0 Å². The lowest BCUT2D eigenvalue weighted by Crippen LogP contribution is -2.03. The van der Waals surface area contributed by atoms with Gasteiger partial charge in [0, 0.05) is 7.05 Å². The summed E-state index contributed by atoms with van der Waals surface area (Å²) in [5.74, 6) is 1.14. The van der Waals surface area contributed by atoms with E-state index < -0.39 is 0 Å². The molecule has 0 aliphatic heterocycles. The summed E-state index contributed by atoms with van der Waals surface area (Å²) in [5, 5.41) is 2.83. The Morgan fingerprint density at radius 1 is 1.11 bits per heavy atom. The molecule has 1 N–H and O–H groups in total. The van der Waals surface area contributed by atoms with E-state index in [1.807, 2.05) is 24.3 Å². The Bertz CT molecular complexity index is 538. The van der Waals surface area contributed by atoms with Crippen LogP contribution in [0.1, 0.15) is 12.5 Å². The number of hydrogen-bond acceptors (Lipinski definition) is 6. The highest BCUT2D eigenvalue weighted by Crippen LogP contribution is 2.24. The Kier molecular flexibility index (Phi) is 4.12. The molecule has 0 aliphatic carbocycles. The largest absolute Gasteiger partial charge is 0.467 e. The molecule has 100 valence electrons. The van der Waals surface area contributed by atoms with Crippen molar-refractivity contribution in [3.8, 4) is 17.8 Å². The number of para-hydroxylation sites is 1. The molecule has 19 heavy (non-hydrogen) atoms. The lowest BCUT2D eigenvalue weighted by Gasteiger charge is -2.09. The predicted octanol–water partition coefficient (Wildman–Crippen LogP) is 2.28. The van der Waals surface area contributed by atoms with Gasteiger partial charge < -0.3 is 14.8 Å². The Morgan fingerprint density at radius 3 is 2.53 bits per heavy atom. The Labute approximate surface area is 111 Å². The van der Waals surface area contributed by atoms with E-state index >= 15 is 0 Å². The summed E-state index contributed by atoms with van der Waals surface area (Å²) in [6, 6.07) is 8.19. The van der Waals surface area contributed by atoms with Crippen LogP contribution in [0.2, 0.25) is 0 Å². The second-order valence-corrected chi connectivity index (χ2v) is 3.74. The van der Waals surface area contributed by atoms with E-state index in [-0.39, 0.29) is 12.0 Å². The highest BCUT2D eigenvalue weighted by molar-refractivity contribution is 5.36. The molecule has 0 spiro atoms. The Balaban J connectivity index is 2.32. The molecule has 1 aromatic heterocycles. The average molecular weight is 260 g/mol. The summed E-state index contributed by atoms with van der Waals surface area (Å²) in [6.07, 6.45) is 0.872. The van der Waals surface area contributed by atoms with E-state index in [2.05, 4.69) is 27.2 Å². The molecule has 0 saturated carbocycles. The van der Waals surface area contributed by atoms with Crippen molar-refractivity contribution >= 4 is 5.95 Å². The lowest BCUT2D eigenvalue weighted by molar-refractivity contribution is 0.359. The molecule has 2 aromatic rings. The first-order valence-electron chi connectivity index (χ1n) is 6.00. The summed E-state index contributed by atoms with van der Waals surface area (Å²) < 4.78 is 10.7. The molecule has 6 heteroatoms. The van der Waals surface area contributed by atoms with Crippen LogP contribution in [0, 0.1) is 0 Å². The van der Waals surface area contributed by atoms with Gasteiger partial charge in [-0.25, -0.2) is 0 Å². The van der Waals surface area contributed by atoms with Crippen LogP contribution in [-0.4, -0.2) is 29.1 Å². The van der Waals surface area contributed by atoms with Crippen molar-refractivity contribution < 1.29 is 9.47 Å². The number of benzene rings is 1. The fourth-order valence-corrected chi connectivity index (χ4v) is 1.58. The molecule has 0 aliphatic rings. The molecule has 1 aromatic carbocycles. The fraction of sp³-hybridized carbons (Fsp3) is 0.308. The van der Waals surface area contributed by atoms with Gasteiger partial charge in [0.25, 0.3) is 0 Å². The minimum absolute atomic E-state index is 0.206. The number of methoxy groups -OCH3 is 1. The van der Waals surface area contributed by atoms with Gasteiger partial charge in [0.1, 0.15) is 5.75 Å². The van der Waals surface area contributed by atoms with Crippen LogP contribution in [0.3, 0.4) is 0 Å². The van der Waals surface area contributed by atoms with Gasteiger partial charge in [-0.2, -0.15) is 9.97 Å². The molecule has 0 unspecified atom stereocenters. The number of hydrogen-bond donors (Lipinski definition) is 1. The molecule has 2 rings (SSSR count). The van der Waals surface area contributed by atoms with Crippen molar-refractivity contribution in [2.75, 3.05) is 19.5 Å². The highest BCUT2D eigenvalue weighted by atomic mass is 16.5. The molecule has 0 saturated heterocycles. The van der Waals surface area contributed by atoms with Gasteiger partial charge >= 0.3 is 12.0 Å². The second kappa shape index (κ2) is 5.99. The summed E-state index contributed by atoms with van der Waals surface area (Å²) >= 11 is 0. The first kappa shape index (κ1) is 13.1. The Morgan fingerprint density at radius 2 is 1.84 bits per heavy atom. The number of aromatic nitrogens is 3. The van der Waals surface area contributed by atoms with Gasteiger partial charge in [0.15, 0.2) is 0 Å². The van der Waals surface area contributed by atoms with Crippen LogP contribution < -0.4 is 14.8 Å². The smallest absolute Gasteiger partial charge is 0.330 e. The van der Waals surface area contributed by atoms with Gasteiger partial charge in [0.2, 0.25) is 5.95 Å². The maximum absolute atomic E-state index is 5.70. The zero-order valence-electron chi connectivity index (χ0n) is 11.2. The number of nitrogens with zero attached hydrogens (tertiary/aromatic N) is 3. The topological polar surface area (TPSA) is 69.2 Å². The van der Waals surface area contributed by atoms with Gasteiger partial charge in [-0.05, 0) is 18.1 Å². The van der Waals surface area contributed by atoms with Gasteiger partial charge in [0.05, 0.1) is 7.11 Å². The number of ether oxygens (including phenoxy) is 2. The van der Waals surface area contributed by atoms with E-state index in [1.54, 1.807) is 7.05 Å². The van der Waals surface area contributed by atoms with Crippen molar-refractivity contribution in [1.82, 2.24) is 15.0 Å². The third-order valence-electron chi connectivity index (χ3n) is 2.56. The zero-order chi connectivity index (χ0) is 13.7. The summed E-state index contributed by atoms with van der Waals surface area (Å²) in [4.78, 5) is 12.2. The van der Waals surface area contributed by atoms with E-state index in [4.69, 9.17) is 9.47 Å². The van der Waals surface area contributed by atoms with Crippen molar-refractivity contribution in [1.29, 1.82) is 0 Å². The van der Waals surface area contributed by atoms with E-state index in [1.165, 1.54) is 7.11 Å². The van der Waals surface area contributed by atoms with E-state index in [9.17, 15) is 0 Å². The number of rotatable bonds is 5. The van der Waals surface area contributed by atoms with Crippen LogP contribution in [0.5, 0.6) is 17.8 Å². The Hall–Kier alpha value is -2.37. The van der Waals surface area contributed by atoms with Crippen molar-refractivity contribution in [2.45, 2.75) is 13.3 Å². The highest BCUT2D eigenvalue weighted by Gasteiger charge is 2.09. The average Bonchev–Trinajstić information content (AvgIpc) is 2.47. The van der Waals surface area contributed by atoms with E-state index in [0.29, 0.717) is 5.95 Å². The summed E-state index contributed by atoms with van der Waals surface area (Å²) in [5.41, 5.74) is 1.09. The maximum Gasteiger partial charge on any atom is 0.330 e. The van der Waals surface area contributed by atoms with Gasteiger partial charge in [-0.15, -0.1) is 4.98 Å². The van der Waals surface area contributed by atoms with E-state index in [0.717, 1.165) is 17.7 Å². The monoisotopic (exact) mass is 260 g/mol. The number of anilines is 1.